The molecule has 0 aromatic carbocycles. The standard InChI is InChI=1S/C56H96N4O40/c1-14-30(71)40(81)43(84)53(90-14)87-11-20(70)46(31(72)19(6-61)57-15(2)66)97-52-29(60-18(5)69)39(80)47(24(10-65)94-52)98-55-45(86)48(99-56-49(42(83)34(75)23(9-64)93-56)100-51-28(59-17(4)68)38(79)33(74)22(8-63)92-51)36(77)26(96-55)13-89-54-44(85)41(82)35(76)25(95-54)12-88-50-27(58-16(3)67)37(78)32(73)21(7-62)91-50/h14,19-56,61-65,70-86H,6-13H2,1-5H3,(H,57,66)(H,58,67)(H,59,68)(H,60,69)/t14-,19-,20+,21+,22+,23+,24+,25+,26+,27+,28+,29+,30+,31+,32+,33+,34+,35+,36+,37+,38+,39+,40+,41-,42-,43-,44-,45-,46+,47+,48-,49-,50+,51-,52-,53+,54-,55-,56+/m0/s1. The molecule has 580 valence electrons. The van der Waals surface area contributed by atoms with Crippen molar-refractivity contribution >= 4 is 23.6 Å². The lowest BCUT2D eigenvalue weighted by molar-refractivity contribution is -0.394. The summed E-state index contributed by atoms with van der Waals surface area (Å²) >= 11 is 0. The number of carbonyl (C=O) groups excluding carboxylic acids is 4. The SMILES string of the molecule is CC(=O)N[C@H]1[C@H](O[C@@H]([C@H](O)[C@H](CO)NC(C)=O)[C@H](O)CO[C@@H]2O[C@@H](C)[C@@H](O)[C@@H](O)[C@@H]2O)O[C@H](CO)[C@@H](O[C@@H]2O[C@H](CO[C@H]3O[C@H](CO[C@@H]4O[C@H](CO)[C@@H](O)[C@H](O)[C@H]4NC(C)=O)[C@@H](O)[C@H](O)[C@@H]3O)[C@@H](O)[C@H](O[C@H]3O[C@H](CO)[C@@H](O)[C@H](O)[C@@H]3O[C@@H]3O[C@H](CO)[C@@H](O)[C@H](O)[C@H]3NC(C)=O)[C@@H]2O)[C@@H]1O. The smallest absolute Gasteiger partial charge is 0.217 e. The highest BCUT2D eigenvalue weighted by Crippen LogP contribution is 2.37. The second-order valence-corrected chi connectivity index (χ2v) is 25.2. The van der Waals surface area contributed by atoms with Crippen molar-refractivity contribution in [1.29, 1.82) is 0 Å². The first-order chi connectivity index (χ1) is 47.1. The van der Waals surface area contributed by atoms with E-state index >= 15 is 0 Å². The van der Waals surface area contributed by atoms with Gasteiger partial charge < -0.3 is 200 Å². The summed E-state index contributed by atoms with van der Waals surface area (Å²) in [5, 5.41) is 252. The Labute approximate surface area is 568 Å². The maximum absolute atomic E-state index is 13.0. The lowest BCUT2D eigenvalue weighted by Gasteiger charge is -2.50. The minimum absolute atomic E-state index is 0.742. The van der Waals surface area contributed by atoms with Crippen LogP contribution < -0.4 is 21.3 Å². The Hall–Kier alpha value is -3.56. The summed E-state index contributed by atoms with van der Waals surface area (Å²) in [5.74, 6) is -3.40. The van der Waals surface area contributed by atoms with Crippen LogP contribution in [0.3, 0.4) is 0 Å². The monoisotopic (exact) mass is 1460 g/mol. The number of ether oxygens (including phenoxy) is 14. The molecule has 0 spiro atoms. The van der Waals surface area contributed by atoms with Crippen LogP contribution in [0.5, 0.6) is 0 Å². The predicted octanol–water partition coefficient (Wildman–Crippen LogP) is -17.2. The van der Waals surface area contributed by atoms with Crippen molar-refractivity contribution in [3.63, 3.8) is 0 Å². The van der Waals surface area contributed by atoms with E-state index in [2.05, 4.69) is 21.3 Å². The molecule has 44 heteroatoms. The molecule has 100 heavy (non-hydrogen) atoms. The van der Waals surface area contributed by atoms with Crippen LogP contribution >= 0.6 is 0 Å². The zero-order valence-electron chi connectivity index (χ0n) is 54.4. The van der Waals surface area contributed by atoms with Gasteiger partial charge in [0.2, 0.25) is 23.6 Å². The quantitative estimate of drug-likeness (QED) is 0.0331. The molecule has 0 aromatic rings. The molecule has 4 amide bonds. The first kappa shape index (κ1) is 83.7. The number of hydrogen-bond acceptors (Lipinski definition) is 40. The van der Waals surface area contributed by atoms with Crippen molar-refractivity contribution in [2.24, 2.45) is 0 Å². The zero-order chi connectivity index (χ0) is 74.2. The van der Waals surface area contributed by atoms with E-state index in [-0.39, 0.29) is 0 Å². The number of aliphatic hydroxyl groups excluding tert-OH is 22. The van der Waals surface area contributed by atoms with Gasteiger partial charge in [0.25, 0.3) is 0 Å². The lowest BCUT2D eigenvalue weighted by Crippen LogP contribution is -2.70. The van der Waals surface area contributed by atoms with E-state index in [1.807, 2.05) is 0 Å². The molecule has 0 radical (unpaired) electrons. The summed E-state index contributed by atoms with van der Waals surface area (Å²) < 4.78 is 81.8. The van der Waals surface area contributed by atoms with Gasteiger partial charge in [-0.15, -0.1) is 0 Å². The van der Waals surface area contributed by atoms with E-state index in [0.29, 0.717) is 0 Å². The van der Waals surface area contributed by atoms with Gasteiger partial charge >= 0.3 is 0 Å². The third-order valence-corrected chi connectivity index (χ3v) is 17.8. The van der Waals surface area contributed by atoms with Gasteiger partial charge in [-0.1, -0.05) is 0 Å². The minimum Gasteiger partial charge on any atom is -0.394 e. The molecule has 0 bridgehead atoms. The molecule has 0 aromatic heterocycles. The van der Waals surface area contributed by atoms with Gasteiger partial charge in [0.05, 0.1) is 65.0 Å². The highest BCUT2D eigenvalue weighted by molar-refractivity contribution is 5.74. The van der Waals surface area contributed by atoms with Crippen LogP contribution in [-0.2, 0) is 85.5 Å². The highest BCUT2D eigenvalue weighted by Gasteiger charge is 2.58. The normalized spacial score (nSPS) is 45.4. The molecule has 44 nitrogen and oxygen atoms in total. The molecule has 0 saturated carbocycles. The Morgan fingerprint density at radius 2 is 0.780 bits per heavy atom. The maximum Gasteiger partial charge on any atom is 0.217 e. The van der Waals surface area contributed by atoms with Crippen LogP contribution in [0.15, 0.2) is 0 Å². The van der Waals surface area contributed by atoms with Crippen LogP contribution in [0.4, 0.5) is 0 Å². The average Bonchev–Trinajstić information content (AvgIpc) is 0.779. The summed E-state index contributed by atoms with van der Waals surface area (Å²) in [6.07, 6.45) is -70.3. The fraction of sp³-hybridized carbons (Fsp3) is 0.929. The van der Waals surface area contributed by atoms with Crippen LogP contribution in [0.2, 0.25) is 0 Å². The van der Waals surface area contributed by atoms with Gasteiger partial charge in [0.15, 0.2) is 44.0 Å². The molecule has 7 aliphatic heterocycles. The zero-order valence-corrected chi connectivity index (χ0v) is 54.4. The Morgan fingerprint density at radius 1 is 0.370 bits per heavy atom. The third kappa shape index (κ3) is 19.5. The first-order valence-electron chi connectivity index (χ1n) is 31.9. The van der Waals surface area contributed by atoms with Crippen molar-refractivity contribution in [3.8, 4) is 0 Å². The van der Waals surface area contributed by atoms with E-state index < -0.39 is 316 Å². The Kier molecular flexibility index (Phi) is 31.1. The summed E-state index contributed by atoms with van der Waals surface area (Å²) in [5.41, 5.74) is 0. The molecule has 7 aliphatic rings. The second-order valence-electron chi connectivity index (χ2n) is 25.2. The fourth-order valence-electron chi connectivity index (χ4n) is 12.3. The topological polar surface area (TPSA) is 691 Å². The molecule has 7 heterocycles. The summed E-state index contributed by atoms with van der Waals surface area (Å²) in [4.78, 5) is 49.8. The van der Waals surface area contributed by atoms with Gasteiger partial charge in [0, 0.05) is 27.7 Å². The maximum atomic E-state index is 13.0. The summed E-state index contributed by atoms with van der Waals surface area (Å²) in [7, 11) is 0. The number of nitrogens with one attached hydrogen (secondary N) is 4. The molecular weight excluding hydrogens is 1370 g/mol. The number of aliphatic hydroxyl groups is 22. The lowest BCUT2D eigenvalue weighted by atomic mass is 9.94. The Morgan fingerprint density at radius 3 is 1.30 bits per heavy atom. The molecule has 39 atom stereocenters. The predicted molar refractivity (Wildman–Crippen MR) is 312 cm³/mol. The van der Waals surface area contributed by atoms with E-state index in [4.69, 9.17) is 66.3 Å². The van der Waals surface area contributed by atoms with E-state index in [0.717, 1.165) is 27.7 Å². The largest absolute Gasteiger partial charge is 0.394 e. The van der Waals surface area contributed by atoms with Crippen LogP contribution in [0.1, 0.15) is 34.6 Å². The van der Waals surface area contributed by atoms with E-state index in [1.54, 1.807) is 0 Å². The van der Waals surface area contributed by atoms with Crippen molar-refractivity contribution < 1.29 is 198 Å². The minimum atomic E-state index is -2.50. The molecule has 7 saturated heterocycles. The fourth-order valence-corrected chi connectivity index (χ4v) is 12.3. The number of hydrogen-bond donors (Lipinski definition) is 26. The Balaban J connectivity index is 1.21. The number of rotatable bonds is 29. The van der Waals surface area contributed by atoms with E-state index in [9.17, 15) is 132 Å². The molecule has 0 unspecified atom stereocenters. The molecular formula is C56H96N4O40. The third-order valence-electron chi connectivity index (χ3n) is 17.8. The number of carbonyl (C=O) groups is 4. The van der Waals surface area contributed by atoms with Gasteiger partial charge in [0.1, 0.15) is 183 Å². The van der Waals surface area contributed by atoms with Crippen LogP contribution in [-0.4, -0.2) is 428 Å². The summed E-state index contributed by atoms with van der Waals surface area (Å²) in [6, 6.07) is -6.96. The van der Waals surface area contributed by atoms with Gasteiger partial charge in [-0.05, 0) is 6.92 Å². The van der Waals surface area contributed by atoms with Gasteiger partial charge in [-0.3, -0.25) is 19.2 Å². The molecule has 7 rings (SSSR count). The Bertz CT molecular complexity index is 2570. The molecule has 7 fully saturated rings. The van der Waals surface area contributed by atoms with Gasteiger partial charge in [-0.2, -0.15) is 0 Å². The van der Waals surface area contributed by atoms with Crippen molar-refractivity contribution in [2.75, 3.05) is 52.9 Å². The average molecular weight is 1470 g/mol. The van der Waals surface area contributed by atoms with Crippen LogP contribution in [0.25, 0.3) is 0 Å². The van der Waals surface area contributed by atoms with Crippen molar-refractivity contribution in [1.82, 2.24) is 21.3 Å². The van der Waals surface area contributed by atoms with Crippen LogP contribution in [0, 0.1) is 0 Å². The van der Waals surface area contributed by atoms with E-state index in [1.165, 1.54) is 6.92 Å². The van der Waals surface area contributed by atoms with Crippen molar-refractivity contribution in [3.05, 3.63) is 0 Å². The second kappa shape index (κ2) is 37.1. The van der Waals surface area contributed by atoms with Gasteiger partial charge in [-0.25, -0.2) is 0 Å². The summed E-state index contributed by atoms with van der Waals surface area (Å²) in [6.45, 7) is -2.93. The first-order valence-corrected chi connectivity index (χ1v) is 31.9. The van der Waals surface area contributed by atoms with Crippen molar-refractivity contribution in [2.45, 2.75) is 274 Å². The molecule has 0 aliphatic carbocycles. The number of amides is 4. The molecule has 26 N–H and O–H groups in total. The highest BCUT2D eigenvalue weighted by atomic mass is 16.8.